The Balaban J connectivity index is 1.98. The number of nitrogens with one attached hydrogen (secondary N) is 1. The van der Waals surface area contributed by atoms with Crippen molar-refractivity contribution in [1.29, 1.82) is 0 Å². The predicted octanol–water partition coefficient (Wildman–Crippen LogP) is 2.18. The van der Waals surface area contributed by atoms with Crippen LogP contribution in [0, 0.1) is 5.92 Å². The summed E-state index contributed by atoms with van der Waals surface area (Å²) in [7, 11) is 0. The number of amides is 1. The highest BCUT2D eigenvalue weighted by atomic mass is 16.2. The minimum absolute atomic E-state index is 0.0403. The number of likely N-dealkylation sites (tertiary alicyclic amines) is 1. The Bertz CT molecular complexity index is 999. The van der Waals surface area contributed by atoms with Gasteiger partial charge < -0.3 is 5.73 Å². The van der Waals surface area contributed by atoms with Crippen LogP contribution in [0.2, 0.25) is 0 Å². The summed E-state index contributed by atoms with van der Waals surface area (Å²) in [5.41, 5.74) is 6.06. The van der Waals surface area contributed by atoms with Gasteiger partial charge in [-0.15, -0.1) is 0 Å². The maximum absolute atomic E-state index is 13.4. The van der Waals surface area contributed by atoms with Crippen LogP contribution in [-0.2, 0) is 17.9 Å². The number of hydrogen-bond donors (Lipinski definition) is 2. The van der Waals surface area contributed by atoms with Gasteiger partial charge in [0.15, 0.2) is 5.69 Å². The molecular formula is C23H33N5O3. The van der Waals surface area contributed by atoms with Gasteiger partial charge in [-0.1, -0.05) is 50.6 Å². The third-order valence-electron chi connectivity index (χ3n) is 5.80. The fraction of sp³-hybridized carbons (Fsp3) is 0.522. The SMILES string of the molecule is CCCCn1c(N)c(N(Cc2ccccc2)C(=O)CN2CCCC(C)C2)c(=O)[nH]c1=O. The second kappa shape index (κ2) is 10.4. The fourth-order valence-corrected chi connectivity index (χ4v) is 4.14. The van der Waals surface area contributed by atoms with Crippen molar-refractivity contribution in [3.05, 3.63) is 56.7 Å². The summed E-state index contributed by atoms with van der Waals surface area (Å²) in [4.78, 5) is 44.5. The number of piperidine rings is 1. The molecule has 1 aliphatic heterocycles. The van der Waals surface area contributed by atoms with Gasteiger partial charge in [-0.2, -0.15) is 0 Å². The van der Waals surface area contributed by atoms with E-state index in [-0.39, 0.29) is 30.5 Å². The zero-order chi connectivity index (χ0) is 22.4. The number of nitrogens with two attached hydrogens (primary N) is 1. The van der Waals surface area contributed by atoms with Crippen molar-refractivity contribution >= 4 is 17.4 Å². The van der Waals surface area contributed by atoms with E-state index < -0.39 is 11.2 Å². The number of nitrogens with zero attached hydrogens (tertiary/aromatic N) is 3. The van der Waals surface area contributed by atoms with Gasteiger partial charge in [0.05, 0.1) is 13.1 Å². The van der Waals surface area contributed by atoms with Gasteiger partial charge in [0.2, 0.25) is 5.91 Å². The molecule has 2 heterocycles. The van der Waals surface area contributed by atoms with Crippen molar-refractivity contribution in [1.82, 2.24) is 14.5 Å². The summed E-state index contributed by atoms with van der Waals surface area (Å²) in [5.74, 6) is 0.378. The molecule has 8 nitrogen and oxygen atoms in total. The van der Waals surface area contributed by atoms with Crippen LogP contribution < -0.4 is 21.9 Å². The lowest BCUT2D eigenvalue weighted by molar-refractivity contribution is -0.120. The van der Waals surface area contributed by atoms with Gasteiger partial charge in [-0.3, -0.25) is 28.9 Å². The third-order valence-corrected chi connectivity index (χ3v) is 5.80. The molecule has 1 aromatic carbocycles. The summed E-state index contributed by atoms with van der Waals surface area (Å²) in [6.45, 7) is 6.72. The van der Waals surface area contributed by atoms with Gasteiger partial charge in [0, 0.05) is 13.1 Å². The molecule has 1 atom stereocenters. The molecule has 8 heteroatoms. The largest absolute Gasteiger partial charge is 0.383 e. The molecule has 1 aromatic heterocycles. The van der Waals surface area contributed by atoms with Crippen molar-refractivity contribution in [2.24, 2.45) is 5.92 Å². The standard InChI is InChI=1S/C23H33N5O3/c1-3-4-13-27-21(24)20(22(30)25-23(27)31)28(15-18-10-6-5-7-11-18)19(29)16-26-12-8-9-17(2)14-26/h5-7,10-11,17H,3-4,8-9,12-16,24H2,1-2H3,(H,25,30,31). The highest BCUT2D eigenvalue weighted by Gasteiger charge is 2.27. The van der Waals surface area contributed by atoms with Crippen LogP contribution in [0.5, 0.6) is 0 Å². The first-order chi connectivity index (χ1) is 14.9. The van der Waals surface area contributed by atoms with Gasteiger partial charge >= 0.3 is 5.69 Å². The fourth-order valence-electron chi connectivity index (χ4n) is 4.14. The molecular weight excluding hydrogens is 394 g/mol. The van der Waals surface area contributed by atoms with E-state index in [1.165, 1.54) is 9.47 Å². The monoisotopic (exact) mass is 427 g/mol. The number of anilines is 2. The summed E-state index contributed by atoms with van der Waals surface area (Å²) < 4.78 is 1.36. The zero-order valence-electron chi connectivity index (χ0n) is 18.5. The van der Waals surface area contributed by atoms with Crippen LogP contribution in [0.4, 0.5) is 11.5 Å². The van der Waals surface area contributed by atoms with E-state index in [1.807, 2.05) is 37.3 Å². The average Bonchev–Trinajstić information content (AvgIpc) is 2.73. The Morgan fingerprint density at radius 2 is 2.00 bits per heavy atom. The number of unbranched alkanes of at least 4 members (excludes halogenated alkanes) is 1. The van der Waals surface area contributed by atoms with Crippen molar-refractivity contribution in [2.75, 3.05) is 30.3 Å². The Hall–Kier alpha value is -2.87. The summed E-state index contributed by atoms with van der Waals surface area (Å²) >= 11 is 0. The van der Waals surface area contributed by atoms with E-state index >= 15 is 0 Å². The van der Waals surface area contributed by atoms with Gasteiger partial charge in [0.1, 0.15) is 5.82 Å². The van der Waals surface area contributed by atoms with E-state index in [4.69, 9.17) is 5.73 Å². The highest BCUT2D eigenvalue weighted by molar-refractivity contribution is 5.96. The first kappa shape index (κ1) is 22.8. The van der Waals surface area contributed by atoms with Gasteiger partial charge in [-0.25, -0.2) is 4.79 Å². The Kier molecular flexibility index (Phi) is 7.68. The molecule has 168 valence electrons. The molecule has 3 rings (SSSR count). The van der Waals surface area contributed by atoms with E-state index in [9.17, 15) is 14.4 Å². The molecule has 0 bridgehead atoms. The number of nitrogen functional groups attached to an aromatic ring is 1. The Morgan fingerprint density at radius 3 is 2.68 bits per heavy atom. The zero-order valence-corrected chi connectivity index (χ0v) is 18.5. The number of carbonyl (C=O) groups is 1. The molecule has 1 amide bonds. The smallest absolute Gasteiger partial charge is 0.330 e. The molecule has 0 radical (unpaired) electrons. The molecule has 1 aliphatic rings. The lowest BCUT2D eigenvalue weighted by atomic mass is 10.0. The maximum atomic E-state index is 13.4. The quantitative estimate of drug-likeness (QED) is 0.672. The minimum Gasteiger partial charge on any atom is -0.383 e. The first-order valence-corrected chi connectivity index (χ1v) is 11.1. The maximum Gasteiger partial charge on any atom is 0.330 e. The predicted molar refractivity (Wildman–Crippen MR) is 123 cm³/mol. The second-order valence-corrected chi connectivity index (χ2v) is 8.45. The summed E-state index contributed by atoms with van der Waals surface area (Å²) in [6, 6.07) is 9.48. The number of benzene rings is 1. The van der Waals surface area contributed by atoms with E-state index in [2.05, 4.69) is 16.8 Å². The van der Waals surface area contributed by atoms with Crippen molar-refractivity contribution < 1.29 is 4.79 Å². The number of H-pyrrole nitrogens is 1. The van der Waals surface area contributed by atoms with E-state index in [0.717, 1.165) is 44.3 Å². The Labute approximate surface area is 182 Å². The Morgan fingerprint density at radius 1 is 1.26 bits per heavy atom. The number of hydrogen-bond acceptors (Lipinski definition) is 5. The second-order valence-electron chi connectivity index (χ2n) is 8.45. The number of rotatable bonds is 8. The molecule has 0 spiro atoms. The van der Waals surface area contributed by atoms with Crippen LogP contribution >= 0.6 is 0 Å². The average molecular weight is 428 g/mol. The van der Waals surface area contributed by atoms with Gasteiger partial charge in [0.25, 0.3) is 5.56 Å². The first-order valence-electron chi connectivity index (χ1n) is 11.1. The molecule has 2 aromatic rings. The number of aromatic amines is 1. The van der Waals surface area contributed by atoms with E-state index in [1.54, 1.807) is 0 Å². The summed E-state index contributed by atoms with van der Waals surface area (Å²) in [6.07, 6.45) is 3.83. The molecule has 3 N–H and O–H groups in total. The van der Waals surface area contributed by atoms with Crippen LogP contribution in [0.3, 0.4) is 0 Å². The summed E-state index contributed by atoms with van der Waals surface area (Å²) in [5, 5.41) is 0. The van der Waals surface area contributed by atoms with Crippen molar-refractivity contribution in [2.45, 2.75) is 52.6 Å². The lowest BCUT2D eigenvalue weighted by Gasteiger charge is -2.32. The molecule has 31 heavy (non-hydrogen) atoms. The number of aromatic nitrogens is 2. The van der Waals surface area contributed by atoms with Crippen LogP contribution in [0.15, 0.2) is 39.9 Å². The molecule has 1 saturated heterocycles. The van der Waals surface area contributed by atoms with Crippen LogP contribution in [-0.4, -0.2) is 40.0 Å². The highest BCUT2D eigenvalue weighted by Crippen LogP contribution is 2.22. The third kappa shape index (κ3) is 5.64. The molecule has 0 aliphatic carbocycles. The van der Waals surface area contributed by atoms with Crippen LogP contribution in [0.25, 0.3) is 0 Å². The number of carbonyl (C=O) groups excluding carboxylic acids is 1. The lowest BCUT2D eigenvalue weighted by Crippen LogP contribution is -2.46. The van der Waals surface area contributed by atoms with E-state index in [0.29, 0.717) is 12.5 Å². The van der Waals surface area contributed by atoms with Gasteiger partial charge in [-0.05, 0) is 37.3 Å². The van der Waals surface area contributed by atoms with Crippen LogP contribution in [0.1, 0.15) is 45.1 Å². The molecule has 1 fully saturated rings. The molecule has 1 unspecified atom stereocenters. The topological polar surface area (TPSA) is 104 Å². The van der Waals surface area contributed by atoms with Crippen molar-refractivity contribution in [3.63, 3.8) is 0 Å². The minimum atomic E-state index is -0.633. The normalized spacial score (nSPS) is 16.9. The molecule has 0 saturated carbocycles. The van der Waals surface area contributed by atoms with Crippen molar-refractivity contribution in [3.8, 4) is 0 Å².